The molecule has 1 aromatic rings. The van der Waals surface area contributed by atoms with E-state index in [2.05, 4.69) is 19.1 Å². The fourth-order valence-corrected chi connectivity index (χ4v) is 1.04. The molecule has 0 fully saturated rings. The van der Waals surface area contributed by atoms with Gasteiger partial charge >= 0.3 is 20.4 Å². The van der Waals surface area contributed by atoms with Crippen molar-refractivity contribution in [3.63, 3.8) is 0 Å². The van der Waals surface area contributed by atoms with Gasteiger partial charge in [0.2, 0.25) is 0 Å². The molecular formula is C14H14Pd. The van der Waals surface area contributed by atoms with Crippen LogP contribution < -0.4 is 0 Å². The second kappa shape index (κ2) is 9.52. The minimum absolute atomic E-state index is 0. The number of allylic oxidation sites excluding steroid dienone is 5. The average molecular weight is 289 g/mol. The van der Waals surface area contributed by atoms with E-state index in [1.54, 1.807) is 6.08 Å². The van der Waals surface area contributed by atoms with Gasteiger partial charge in [0, 0.05) is 0 Å². The summed E-state index contributed by atoms with van der Waals surface area (Å²) in [6, 6.07) is 10.1. The Kier molecular flexibility index (Phi) is 8.87. The van der Waals surface area contributed by atoms with Gasteiger partial charge in [-0.25, -0.2) is 31.2 Å². The van der Waals surface area contributed by atoms with E-state index in [-0.39, 0.29) is 20.4 Å². The molecule has 0 spiro atoms. The van der Waals surface area contributed by atoms with Gasteiger partial charge in [0.15, 0.2) is 0 Å². The first-order chi connectivity index (χ1) is 6.93. The Hall–Kier alpha value is -1.03. The normalized spacial score (nSPS) is 12.0. The van der Waals surface area contributed by atoms with Crippen molar-refractivity contribution in [3.8, 4) is 0 Å². The fourth-order valence-electron chi connectivity index (χ4n) is 1.04. The summed E-state index contributed by atoms with van der Waals surface area (Å²) in [5, 5.41) is 0. The predicted octanol–water partition coefficient (Wildman–Crippen LogP) is 3.84. The van der Waals surface area contributed by atoms with E-state index in [0.29, 0.717) is 0 Å². The molecule has 0 aliphatic heterocycles. The van der Waals surface area contributed by atoms with Gasteiger partial charge in [-0.1, -0.05) is 30.3 Å². The van der Waals surface area contributed by atoms with Crippen LogP contribution in [0, 0.1) is 13.0 Å². The number of benzene rings is 1. The molecule has 0 saturated carbocycles. The van der Waals surface area contributed by atoms with Gasteiger partial charge in [-0.3, -0.25) is 6.08 Å². The molecule has 0 nitrogen and oxygen atoms in total. The molecule has 1 heteroatoms. The van der Waals surface area contributed by atoms with Crippen molar-refractivity contribution in [2.24, 2.45) is 0 Å². The monoisotopic (exact) mass is 288 g/mol. The molecule has 0 saturated heterocycles. The van der Waals surface area contributed by atoms with E-state index in [1.165, 1.54) is 5.56 Å². The molecule has 0 atom stereocenters. The third-order valence-corrected chi connectivity index (χ3v) is 1.70. The first-order valence-electron chi connectivity index (χ1n) is 4.66. The zero-order valence-corrected chi connectivity index (χ0v) is 10.1. The maximum absolute atomic E-state index is 3.60. The van der Waals surface area contributed by atoms with Crippen molar-refractivity contribution in [1.82, 2.24) is 0 Å². The Morgan fingerprint density at radius 1 is 1.20 bits per heavy atom. The van der Waals surface area contributed by atoms with Crippen LogP contribution in [0.1, 0.15) is 12.0 Å². The molecule has 1 aliphatic rings. The van der Waals surface area contributed by atoms with Gasteiger partial charge in [0.25, 0.3) is 0 Å². The molecule has 0 aromatic heterocycles. The predicted molar refractivity (Wildman–Crippen MR) is 62.4 cm³/mol. The average Bonchev–Trinajstić information content (AvgIpc) is 2.78. The SMILES string of the molecule is [C-]1=CC=CC1.[CH2-]C=Cc1ccccc1.[Pd+2]. The van der Waals surface area contributed by atoms with Crippen LogP contribution in [0.15, 0.2) is 54.6 Å². The summed E-state index contributed by atoms with van der Waals surface area (Å²) in [6.45, 7) is 3.60. The topological polar surface area (TPSA) is 0 Å². The molecule has 2 rings (SSSR count). The molecule has 0 unspecified atom stereocenters. The van der Waals surface area contributed by atoms with Crippen LogP contribution in [0.5, 0.6) is 0 Å². The van der Waals surface area contributed by atoms with Gasteiger partial charge in [-0.05, 0) is 0 Å². The third-order valence-electron chi connectivity index (χ3n) is 1.70. The summed E-state index contributed by atoms with van der Waals surface area (Å²) >= 11 is 0. The van der Waals surface area contributed by atoms with Crippen LogP contribution in [-0.4, -0.2) is 0 Å². The summed E-state index contributed by atoms with van der Waals surface area (Å²) in [7, 11) is 0. The van der Waals surface area contributed by atoms with Crippen LogP contribution in [-0.2, 0) is 20.4 Å². The molecule has 0 radical (unpaired) electrons. The Bertz CT molecular complexity index is 310. The second-order valence-corrected chi connectivity index (χ2v) is 2.82. The van der Waals surface area contributed by atoms with Crippen molar-refractivity contribution in [2.45, 2.75) is 6.42 Å². The molecule has 0 N–H and O–H groups in total. The van der Waals surface area contributed by atoms with Crippen LogP contribution in [0.2, 0.25) is 0 Å². The van der Waals surface area contributed by atoms with Gasteiger partial charge in [-0.2, -0.15) is 6.08 Å². The smallest absolute Gasteiger partial charge is 0.273 e. The van der Waals surface area contributed by atoms with Crippen molar-refractivity contribution in [2.75, 3.05) is 0 Å². The molecule has 0 bridgehead atoms. The Morgan fingerprint density at radius 3 is 2.33 bits per heavy atom. The minimum Gasteiger partial charge on any atom is -0.273 e. The zero-order chi connectivity index (χ0) is 10.1. The van der Waals surface area contributed by atoms with Crippen molar-refractivity contribution >= 4 is 6.08 Å². The van der Waals surface area contributed by atoms with Gasteiger partial charge < -0.3 is 0 Å². The van der Waals surface area contributed by atoms with Gasteiger partial charge in [0.05, 0.1) is 0 Å². The summed E-state index contributed by atoms with van der Waals surface area (Å²) in [5.74, 6) is 0. The standard InChI is InChI=1S/C9H9.C5H5.Pd/c1-2-6-9-7-4-3-5-8-9;1-2-4-5-3-1;/h2-8H,1H2;1-3H,4H2;/q2*-1;+2. The number of hydrogen-bond donors (Lipinski definition) is 0. The largest absolute Gasteiger partial charge is 2.00 e. The quantitative estimate of drug-likeness (QED) is 0.544. The Balaban J connectivity index is 0.000000280. The maximum atomic E-state index is 3.60. The molecule has 0 amide bonds. The van der Waals surface area contributed by atoms with Crippen molar-refractivity contribution < 1.29 is 20.4 Å². The first kappa shape index (κ1) is 14.0. The van der Waals surface area contributed by atoms with E-state index in [4.69, 9.17) is 0 Å². The minimum atomic E-state index is 0. The molecule has 1 aliphatic carbocycles. The van der Waals surface area contributed by atoms with E-state index >= 15 is 0 Å². The van der Waals surface area contributed by atoms with Crippen LogP contribution in [0.3, 0.4) is 0 Å². The summed E-state index contributed by atoms with van der Waals surface area (Å²) in [5.41, 5.74) is 1.20. The summed E-state index contributed by atoms with van der Waals surface area (Å²) in [6.07, 6.45) is 13.8. The van der Waals surface area contributed by atoms with Gasteiger partial charge in [0.1, 0.15) is 0 Å². The molecule has 15 heavy (non-hydrogen) atoms. The van der Waals surface area contributed by atoms with E-state index < -0.39 is 0 Å². The van der Waals surface area contributed by atoms with Crippen molar-refractivity contribution in [1.29, 1.82) is 0 Å². The zero-order valence-electron chi connectivity index (χ0n) is 8.50. The Labute approximate surface area is 106 Å². The molecule has 1 aromatic carbocycles. The number of rotatable bonds is 1. The van der Waals surface area contributed by atoms with E-state index in [0.717, 1.165) is 6.42 Å². The maximum Gasteiger partial charge on any atom is 2.00 e. The third kappa shape index (κ3) is 6.97. The molecular weight excluding hydrogens is 275 g/mol. The second-order valence-electron chi connectivity index (χ2n) is 2.82. The van der Waals surface area contributed by atoms with Crippen LogP contribution in [0.4, 0.5) is 0 Å². The first-order valence-corrected chi connectivity index (χ1v) is 4.66. The van der Waals surface area contributed by atoms with E-state index in [1.807, 2.05) is 48.6 Å². The van der Waals surface area contributed by atoms with Gasteiger partial charge in [-0.15, -0.1) is 12.0 Å². The van der Waals surface area contributed by atoms with Crippen LogP contribution >= 0.6 is 0 Å². The van der Waals surface area contributed by atoms with Crippen molar-refractivity contribution in [3.05, 3.63) is 73.2 Å². The van der Waals surface area contributed by atoms with E-state index in [9.17, 15) is 0 Å². The van der Waals surface area contributed by atoms with Crippen LogP contribution in [0.25, 0.3) is 6.08 Å². The summed E-state index contributed by atoms with van der Waals surface area (Å²) < 4.78 is 0. The number of hydrogen-bond acceptors (Lipinski definition) is 0. The molecule has 80 valence electrons. The Morgan fingerprint density at radius 2 is 1.93 bits per heavy atom. The molecule has 0 heterocycles. The summed E-state index contributed by atoms with van der Waals surface area (Å²) in [4.78, 5) is 0. The fraction of sp³-hybridized carbons (Fsp3) is 0.0714.